The van der Waals surface area contributed by atoms with Crippen LogP contribution in [0.15, 0.2) is 30.3 Å². The summed E-state index contributed by atoms with van der Waals surface area (Å²) in [6.45, 7) is 9.08. The third-order valence-corrected chi connectivity index (χ3v) is 6.05. The Labute approximate surface area is 210 Å². The van der Waals surface area contributed by atoms with Gasteiger partial charge in [-0.2, -0.15) is 0 Å². The minimum atomic E-state index is -0.996. The van der Waals surface area contributed by atoms with Crippen molar-refractivity contribution in [2.75, 3.05) is 6.61 Å². The fourth-order valence-corrected chi connectivity index (χ4v) is 4.49. The van der Waals surface area contributed by atoms with E-state index in [9.17, 15) is 15.0 Å². The van der Waals surface area contributed by atoms with Gasteiger partial charge in [0.25, 0.3) is 5.24 Å². The van der Waals surface area contributed by atoms with E-state index in [0.717, 1.165) is 6.42 Å². The van der Waals surface area contributed by atoms with Gasteiger partial charge in [-0.05, 0) is 45.7 Å². The maximum absolute atomic E-state index is 10.4. The zero-order chi connectivity index (χ0) is 26.0. The first-order valence-corrected chi connectivity index (χ1v) is 12.0. The Bertz CT molecular complexity index is 791. The molecule has 0 aromatic heterocycles. The normalized spacial score (nSPS) is 38.0. The van der Waals surface area contributed by atoms with Crippen LogP contribution >= 0.6 is 11.6 Å². The molecule has 1 aromatic rings. The van der Waals surface area contributed by atoms with E-state index >= 15 is 0 Å². The van der Waals surface area contributed by atoms with Crippen molar-refractivity contribution in [3.05, 3.63) is 35.9 Å². The van der Waals surface area contributed by atoms with Crippen molar-refractivity contribution in [1.29, 1.82) is 0 Å². The summed E-state index contributed by atoms with van der Waals surface area (Å²) < 4.78 is 32.4. The second-order valence-corrected chi connectivity index (χ2v) is 9.83. The molecule has 4 saturated heterocycles. The van der Waals surface area contributed by atoms with Crippen LogP contribution in [0.2, 0.25) is 0 Å². The molecule has 3 N–H and O–H groups in total. The molecule has 0 saturated carbocycles. The largest absolute Gasteiger partial charge is 0.394 e. The first kappa shape index (κ1) is 28.4. The van der Waals surface area contributed by atoms with Gasteiger partial charge in [0.2, 0.25) is 0 Å². The van der Waals surface area contributed by atoms with Crippen LogP contribution in [-0.2, 0) is 28.4 Å². The Hall–Kier alpha value is -1.18. The Kier molecular flexibility index (Phi) is 9.31. The van der Waals surface area contributed by atoms with Crippen LogP contribution < -0.4 is 0 Å². The molecule has 198 valence electrons. The van der Waals surface area contributed by atoms with Crippen molar-refractivity contribution >= 4 is 16.8 Å². The second kappa shape index (κ2) is 11.5. The number of carbonyl (C=O) groups excluding carboxylic acids is 1. The van der Waals surface area contributed by atoms with E-state index in [0.29, 0.717) is 5.56 Å². The molecule has 5 rings (SSSR count). The molecule has 10 nitrogen and oxygen atoms in total. The number of carbonyl (C=O) groups is 1. The topological polar surface area (TPSA) is 133 Å². The van der Waals surface area contributed by atoms with E-state index < -0.39 is 41.6 Å². The molecule has 0 radical (unpaired) electrons. The lowest BCUT2D eigenvalue weighted by atomic mass is 10.1. The summed E-state index contributed by atoms with van der Waals surface area (Å²) in [5, 5.41) is 27.4. The van der Waals surface area contributed by atoms with Gasteiger partial charge in [-0.1, -0.05) is 37.3 Å². The molecule has 1 aromatic carbocycles. The highest BCUT2D eigenvalue weighted by atomic mass is 35.5. The predicted molar refractivity (Wildman–Crippen MR) is 123 cm³/mol. The summed E-state index contributed by atoms with van der Waals surface area (Å²) in [4.78, 5) is 10.4. The van der Waals surface area contributed by atoms with Gasteiger partial charge in [0.15, 0.2) is 24.2 Å². The van der Waals surface area contributed by atoms with Gasteiger partial charge in [0.05, 0.1) is 12.7 Å². The Morgan fingerprint density at radius 3 is 1.66 bits per heavy atom. The molecule has 11 heteroatoms. The van der Waals surface area contributed by atoms with Crippen LogP contribution in [-0.4, -0.2) is 87.9 Å². The Balaban J connectivity index is 0.000000150. The summed E-state index contributed by atoms with van der Waals surface area (Å²) >= 11 is 5.16. The zero-order valence-electron chi connectivity index (χ0n) is 20.5. The lowest BCUT2D eigenvalue weighted by Gasteiger charge is -2.21. The first-order chi connectivity index (χ1) is 16.4. The highest BCUT2D eigenvalue weighted by molar-refractivity contribution is 6.67. The number of benzene rings is 1. The highest BCUT2D eigenvalue weighted by Gasteiger charge is 2.55. The molecule has 4 aliphatic heterocycles. The Morgan fingerprint density at radius 2 is 1.26 bits per heavy atom. The lowest BCUT2D eigenvalue weighted by Crippen LogP contribution is -2.31. The van der Waals surface area contributed by atoms with Gasteiger partial charge in [-0.3, -0.25) is 4.79 Å². The SMILES string of the molecule is CC1(C)O[C@@H]2[C@@H](CO)OC(O)[C@@H]2O1.CC[C@H]1OC(O)[C@@H]2OC(C)(C)O[C@H]12.O=C(Cl)c1ccccc1. The van der Waals surface area contributed by atoms with E-state index in [4.69, 9.17) is 45.1 Å². The molecule has 35 heavy (non-hydrogen) atoms. The van der Waals surface area contributed by atoms with Crippen molar-refractivity contribution < 1.29 is 48.5 Å². The summed E-state index contributed by atoms with van der Waals surface area (Å²) in [6, 6.07) is 8.74. The van der Waals surface area contributed by atoms with E-state index in [1.807, 2.05) is 26.8 Å². The standard InChI is InChI=1S/C9H16O4.C8H14O5.C7H5ClO/c1-4-5-6-7(8(10)11-5)13-9(2,3)12-6;1-8(2)12-5-4(3-9)11-7(10)6(5)13-8;8-7(9)6-4-2-1-3-5-6/h5-8,10H,4H2,1-3H3;4-7,9-10H,3H2,1-2H3;1-5H/t5-,6-,7-,8?;4-,5-,6-,7?;/m11./s1. The van der Waals surface area contributed by atoms with E-state index in [1.54, 1.807) is 38.1 Å². The van der Waals surface area contributed by atoms with Crippen LogP contribution in [0, 0.1) is 0 Å². The average molecular weight is 519 g/mol. The first-order valence-electron chi connectivity index (χ1n) is 11.6. The van der Waals surface area contributed by atoms with Gasteiger partial charge in [-0.25, -0.2) is 0 Å². The number of fused-ring (bicyclic) bond motifs is 2. The summed E-state index contributed by atoms with van der Waals surface area (Å²) in [7, 11) is 0. The van der Waals surface area contributed by atoms with Crippen LogP contribution in [0.4, 0.5) is 0 Å². The molecule has 0 aliphatic carbocycles. The monoisotopic (exact) mass is 518 g/mol. The summed E-state index contributed by atoms with van der Waals surface area (Å²) in [6.07, 6.45) is -2.81. The van der Waals surface area contributed by atoms with E-state index in [-0.39, 0.29) is 31.0 Å². The third kappa shape index (κ3) is 6.98. The lowest BCUT2D eigenvalue weighted by molar-refractivity contribution is -0.223. The minimum Gasteiger partial charge on any atom is -0.394 e. The molecule has 4 fully saturated rings. The molecule has 2 unspecified atom stereocenters. The quantitative estimate of drug-likeness (QED) is 0.509. The Morgan fingerprint density at radius 1 is 0.829 bits per heavy atom. The molecule has 0 spiro atoms. The number of aliphatic hydroxyl groups is 3. The second-order valence-electron chi connectivity index (χ2n) is 9.49. The molecule has 0 bridgehead atoms. The van der Waals surface area contributed by atoms with Crippen molar-refractivity contribution in [2.45, 2.75) is 102 Å². The van der Waals surface area contributed by atoms with Gasteiger partial charge < -0.3 is 43.7 Å². The fraction of sp³-hybridized carbons (Fsp3) is 0.708. The minimum absolute atomic E-state index is 0.0400. The smallest absolute Gasteiger partial charge is 0.252 e. The molecular formula is C24H35ClO10. The van der Waals surface area contributed by atoms with Crippen LogP contribution in [0.5, 0.6) is 0 Å². The maximum atomic E-state index is 10.4. The van der Waals surface area contributed by atoms with Gasteiger partial charge >= 0.3 is 0 Å². The maximum Gasteiger partial charge on any atom is 0.252 e. The number of hydrogen-bond donors (Lipinski definition) is 3. The summed E-state index contributed by atoms with van der Waals surface area (Å²) in [5.41, 5.74) is 0.541. The summed E-state index contributed by atoms with van der Waals surface area (Å²) in [5.74, 6) is -1.29. The molecular weight excluding hydrogens is 484 g/mol. The van der Waals surface area contributed by atoms with Gasteiger partial charge in [-0.15, -0.1) is 0 Å². The number of hydrogen-bond acceptors (Lipinski definition) is 10. The third-order valence-electron chi connectivity index (χ3n) is 5.83. The predicted octanol–water partition coefficient (Wildman–Crippen LogP) is 1.92. The van der Waals surface area contributed by atoms with Crippen molar-refractivity contribution in [1.82, 2.24) is 0 Å². The van der Waals surface area contributed by atoms with E-state index in [2.05, 4.69) is 0 Å². The number of ether oxygens (including phenoxy) is 6. The fourth-order valence-electron chi connectivity index (χ4n) is 4.36. The molecule has 8 atom stereocenters. The zero-order valence-corrected chi connectivity index (χ0v) is 21.3. The number of rotatable bonds is 3. The highest BCUT2D eigenvalue weighted by Crippen LogP contribution is 2.39. The van der Waals surface area contributed by atoms with Gasteiger partial charge in [0, 0.05) is 5.56 Å². The number of halogens is 1. The van der Waals surface area contributed by atoms with Crippen molar-refractivity contribution in [2.24, 2.45) is 0 Å². The molecule has 0 amide bonds. The van der Waals surface area contributed by atoms with Gasteiger partial charge in [0.1, 0.15) is 30.5 Å². The van der Waals surface area contributed by atoms with Crippen molar-refractivity contribution in [3.8, 4) is 0 Å². The number of aliphatic hydroxyl groups excluding tert-OH is 3. The van der Waals surface area contributed by atoms with Crippen LogP contribution in [0.3, 0.4) is 0 Å². The molecule has 4 aliphatic rings. The molecule has 4 heterocycles. The van der Waals surface area contributed by atoms with Crippen molar-refractivity contribution in [3.63, 3.8) is 0 Å². The van der Waals surface area contributed by atoms with Crippen LogP contribution in [0.1, 0.15) is 51.4 Å². The average Bonchev–Trinajstić information content (AvgIpc) is 3.48. The van der Waals surface area contributed by atoms with E-state index in [1.165, 1.54) is 0 Å². The van der Waals surface area contributed by atoms with Crippen LogP contribution in [0.25, 0.3) is 0 Å².